The van der Waals surface area contributed by atoms with Crippen molar-refractivity contribution in [3.05, 3.63) is 0 Å². The Labute approximate surface area is 85.4 Å². The monoisotopic (exact) mass is 196 g/mol. The second-order valence-corrected chi connectivity index (χ2v) is 4.95. The number of amides is 1. The Bertz CT molecular complexity index is 237. The number of nitrogens with two attached hydrogens (primary N) is 1. The van der Waals surface area contributed by atoms with Crippen LogP contribution in [-0.4, -0.2) is 18.0 Å². The fourth-order valence-corrected chi connectivity index (χ4v) is 2.54. The molecule has 2 aliphatic carbocycles. The van der Waals surface area contributed by atoms with Crippen LogP contribution < -0.4 is 11.1 Å². The van der Waals surface area contributed by atoms with Crippen LogP contribution >= 0.6 is 0 Å². The molecule has 14 heavy (non-hydrogen) atoms. The van der Waals surface area contributed by atoms with Gasteiger partial charge in [0, 0.05) is 0 Å². The smallest absolute Gasteiger partial charge is 0.238 e. The summed E-state index contributed by atoms with van der Waals surface area (Å²) in [5.74, 6) is 1.06. The summed E-state index contributed by atoms with van der Waals surface area (Å²) < 4.78 is 0. The van der Waals surface area contributed by atoms with Gasteiger partial charge in [0.2, 0.25) is 5.91 Å². The quantitative estimate of drug-likeness (QED) is 0.705. The van der Waals surface area contributed by atoms with Gasteiger partial charge in [-0.2, -0.15) is 0 Å². The molecule has 2 saturated carbocycles. The van der Waals surface area contributed by atoms with E-state index in [1.165, 1.54) is 12.8 Å². The fraction of sp³-hybridized carbons (Fsp3) is 0.909. The first-order chi connectivity index (χ1) is 6.65. The molecule has 0 spiro atoms. The Morgan fingerprint density at radius 2 is 2.21 bits per heavy atom. The molecule has 0 aliphatic heterocycles. The largest absolute Gasteiger partial charge is 0.368 e. The van der Waals surface area contributed by atoms with E-state index in [4.69, 9.17) is 5.73 Å². The maximum absolute atomic E-state index is 11.5. The van der Waals surface area contributed by atoms with E-state index in [1.54, 1.807) is 0 Å². The number of rotatable bonds is 4. The highest BCUT2D eigenvalue weighted by Gasteiger charge is 2.45. The Morgan fingerprint density at radius 1 is 1.50 bits per heavy atom. The summed E-state index contributed by atoms with van der Waals surface area (Å²) in [5.41, 5.74) is 5.14. The summed E-state index contributed by atoms with van der Waals surface area (Å²) in [6.45, 7) is 3.12. The number of hydrogen-bond donors (Lipinski definition) is 2. The lowest BCUT2D eigenvalue weighted by Crippen LogP contribution is -2.57. The van der Waals surface area contributed by atoms with E-state index in [1.807, 2.05) is 0 Å². The molecular weight excluding hydrogens is 176 g/mol. The highest BCUT2D eigenvalue weighted by Crippen LogP contribution is 2.37. The molecule has 1 amide bonds. The molecule has 0 aromatic heterocycles. The number of carbonyl (C=O) groups excluding carboxylic acids is 1. The third-order valence-corrected chi connectivity index (χ3v) is 3.89. The molecule has 3 N–H and O–H groups in total. The normalized spacial score (nSPS) is 37.4. The standard InChI is InChI=1S/C11H20N2O/c1-8-3-2-6-11(8,10(12)14)13-7-9-4-5-9/h8-9,13H,2-7H2,1H3,(H2,12,14). The Kier molecular flexibility index (Phi) is 2.52. The lowest BCUT2D eigenvalue weighted by molar-refractivity contribution is -0.125. The van der Waals surface area contributed by atoms with Crippen LogP contribution in [0, 0.1) is 11.8 Å². The molecule has 0 aromatic rings. The molecule has 0 heterocycles. The molecule has 3 heteroatoms. The average molecular weight is 196 g/mol. The third kappa shape index (κ3) is 1.65. The molecule has 0 aromatic carbocycles. The van der Waals surface area contributed by atoms with Crippen molar-refractivity contribution < 1.29 is 4.79 Å². The first-order valence-electron chi connectivity index (χ1n) is 5.70. The van der Waals surface area contributed by atoms with Gasteiger partial charge in [-0.15, -0.1) is 0 Å². The first kappa shape index (κ1) is 9.97. The zero-order valence-corrected chi connectivity index (χ0v) is 8.88. The molecule has 0 bridgehead atoms. The Balaban J connectivity index is 2.00. The van der Waals surface area contributed by atoms with Crippen molar-refractivity contribution in [1.82, 2.24) is 5.32 Å². The van der Waals surface area contributed by atoms with Crippen molar-refractivity contribution in [2.75, 3.05) is 6.54 Å². The zero-order valence-electron chi connectivity index (χ0n) is 8.88. The predicted octanol–water partition coefficient (Wildman–Crippen LogP) is 1.03. The third-order valence-electron chi connectivity index (χ3n) is 3.89. The van der Waals surface area contributed by atoms with Gasteiger partial charge in [0.1, 0.15) is 5.54 Å². The van der Waals surface area contributed by atoms with Gasteiger partial charge in [0.25, 0.3) is 0 Å². The first-order valence-corrected chi connectivity index (χ1v) is 5.70. The van der Waals surface area contributed by atoms with Crippen LogP contribution in [-0.2, 0) is 4.79 Å². The van der Waals surface area contributed by atoms with Gasteiger partial charge in [-0.25, -0.2) is 0 Å². The van der Waals surface area contributed by atoms with Gasteiger partial charge in [-0.05, 0) is 44.1 Å². The molecule has 2 aliphatic rings. The van der Waals surface area contributed by atoms with E-state index in [0.29, 0.717) is 5.92 Å². The zero-order chi connectivity index (χ0) is 10.2. The summed E-state index contributed by atoms with van der Waals surface area (Å²) in [4.78, 5) is 11.5. The van der Waals surface area contributed by atoms with Gasteiger partial charge in [0.05, 0.1) is 0 Å². The summed E-state index contributed by atoms with van der Waals surface area (Å²) >= 11 is 0. The topological polar surface area (TPSA) is 55.1 Å². The van der Waals surface area contributed by atoms with Crippen molar-refractivity contribution in [2.24, 2.45) is 17.6 Å². The molecule has 2 atom stereocenters. The van der Waals surface area contributed by atoms with Crippen LogP contribution in [0.3, 0.4) is 0 Å². The van der Waals surface area contributed by atoms with E-state index in [9.17, 15) is 4.79 Å². The second-order valence-electron chi connectivity index (χ2n) is 4.95. The van der Waals surface area contributed by atoms with Crippen molar-refractivity contribution in [3.63, 3.8) is 0 Å². The molecule has 0 radical (unpaired) electrons. The highest BCUT2D eigenvalue weighted by atomic mass is 16.1. The average Bonchev–Trinajstić information content (AvgIpc) is 2.88. The number of hydrogen-bond acceptors (Lipinski definition) is 2. The van der Waals surface area contributed by atoms with Gasteiger partial charge < -0.3 is 11.1 Å². The van der Waals surface area contributed by atoms with E-state index >= 15 is 0 Å². The van der Waals surface area contributed by atoms with Crippen LogP contribution in [0.5, 0.6) is 0 Å². The van der Waals surface area contributed by atoms with Crippen LogP contribution in [0.2, 0.25) is 0 Å². The van der Waals surface area contributed by atoms with Gasteiger partial charge in [-0.1, -0.05) is 13.3 Å². The Morgan fingerprint density at radius 3 is 2.64 bits per heavy atom. The molecule has 3 nitrogen and oxygen atoms in total. The molecule has 80 valence electrons. The lowest BCUT2D eigenvalue weighted by Gasteiger charge is -2.31. The maximum Gasteiger partial charge on any atom is 0.238 e. The molecule has 0 saturated heterocycles. The van der Waals surface area contributed by atoms with Crippen LogP contribution in [0.1, 0.15) is 39.0 Å². The van der Waals surface area contributed by atoms with E-state index in [-0.39, 0.29) is 11.4 Å². The van der Waals surface area contributed by atoms with Gasteiger partial charge in [0.15, 0.2) is 0 Å². The summed E-state index contributed by atoms with van der Waals surface area (Å²) in [6.07, 6.45) is 5.81. The van der Waals surface area contributed by atoms with Crippen molar-refractivity contribution >= 4 is 5.91 Å². The Hall–Kier alpha value is -0.570. The minimum Gasteiger partial charge on any atom is -0.368 e. The molecular formula is C11H20N2O. The second kappa shape index (κ2) is 3.54. The fourth-order valence-electron chi connectivity index (χ4n) is 2.54. The van der Waals surface area contributed by atoms with E-state index < -0.39 is 0 Å². The minimum absolute atomic E-state index is 0.150. The van der Waals surface area contributed by atoms with Crippen molar-refractivity contribution in [3.8, 4) is 0 Å². The SMILES string of the molecule is CC1CCCC1(NCC1CC1)C(N)=O. The van der Waals surface area contributed by atoms with Gasteiger partial charge in [-0.3, -0.25) is 4.79 Å². The minimum atomic E-state index is -0.386. The van der Waals surface area contributed by atoms with Crippen LogP contribution in [0.4, 0.5) is 0 Å². The molecule has 2 rings (SSSR count). The molecule has 2 unspecified atom stereocenters. The van der Waals surface area contributed by atoms with Crippen molar-refractivity contribution in [1.29, 1.82) is 0 Å². The summed E-state index contributed by atoms with van der Waals surface area (Å²) in [6, 6.07) is 0. The highest BCUT2D eigenvalue weighted by molar-refractivity contribution is 5.85. The number of primary amides is 1. The van der Waals surface area contributed by atoms with E-state index in [0.717, 1.165) is 31.7 Å². The molecule has 2 fully saturated rings. The van der Waals surface area contributed by atoms with E-state index in [2.05, 4.69) is 12.2 Å². The number of carbonyl (C=O) groups is 1. The van der Waals surface area contributed by atoms with Crippen LogP contribution in [0.25, 0.3) is 0 Å². The maximum atomic E-state index is 11.5. The number of nitrogens with one attached hydrogen (secondary N) is 1. The van der Waals surface area contributed by atoms with Crippen LogP contribution in [0.15, 0.2) is 0 Å². The van der Waals surface area contributed by atoms with Gasteiger partial charge >= 0.3 is 0 Å². The predicted molar refractivity (Wildman–Crippen MR) is 55.7 cm³/mol. The summed E-state index contributed by atoms with van der Waals surface area (Å²) in [7, 11) is 0. The lowest BCUT2D eigenvalue weighted by atomic mass is 9.87. The van der Waals surface area contributed by atoms with Crippen molar-refractivity contribution in [2.45, 2.75) is 44.6 Å². The summed E-state index contributed by atoms with van der Waals surface area (Å²) in [5, 5.41) is 3.43.